The van der Waals surface area contributed by atoms with Crippen molar-refractivity contribution < 1.29 is 19.0 Å². The molecule has 0 aliphatic carbocycles. The molecule has 112 valence electrons. The molecular weight excluding hydrogens is 319 g/mol. The van der Waals surface area contributed by atoms with Crippen molar-refractivity contribution in [1.29, 1.82) is 0 Å². The van der Waals surface area contributed by atoms with E-state index in [4.69, 9.17) is 11.6 Å². The lowest BCUT2D eigenvalue weighted by molar-refractivity contribution is -0.387. The number of carbonyl (C=O) groups is 1. The number of benzene rings is 2. The number of carbonyl (C=O) groups excluding carboxylic acids is 1. The molecule has 0 bridgehead atoms. The van der Waals surface area contributed by atoms with Crippen LogP contribution in [0.3, 0.4) is 0 Å². The van der Waals surface area contributed by atoms with Gasteiger partial charge in [0.1, 0.15) is 5.02 Å². The Kier molecular flexibility index (Phi) is 4.13. The molecule has 0 amide bonds. The van der Waals surface area contributed by atoms with Crippen LogP contribution in [-0.4, -0.2) is 15.6 Å². The third-order valence-electron chi connectivity index (χ3n) is 2.81. The molecule has 2 aromatic rings. The Morgan fingerprint density at radius 2 is 1.45 bits per heavy atom. The minimum Gasteiger partial charge on any atom is -0.289 e. The van der Waals surface area contributed by atoms with Crippen LogP contribution in [0.5, 0.6) is 0 Å². The van der Waals surface area contributed by atoms with Crippen molar-refractivity contribution in [3.63, 3.8) is 0 Å². The topological polar surface area (TPSA) is 103 Å². The maximum absolute atomic E-state index is 13.2. The van der Waals surface area contributed by atoms with Crippen LogP contribution in [0.15, 0.2) is 36.4 Å². The van der Waals surface area contributed by atoms with Gasteiger partial charge in [0.25, 0.3) is 5.69 Å². The summed E-state index contributed by atoms with van der Waals surface area (Å²) in [5.41, 5.74) is -1.57. The fourth-order valence-electron chi connectivity index (χ4n) is 1.75. The first kappa shape index (κ1) is 15.5. The van der Waals surface area contributed by atoms with E-state index in [1.807, 2.05) is 0 Å². The summed E-state index contributed by atoms with van der Waals surface area (Å²) in [4.78, 5) is 31.9. The third kappa shape index (κ3) is 2.91. The second-order valence-corrected chi connectivity index (χ2v) is 4.58. The second-order valence-electron chi connectivity index (χ2n) is 4.18. The highest BCUT2D eigenvalue weighted by molar-refractivity contribution is 6.32. The highest BCUT2D eigenvalue weighted by Gasteiger charge is 2.21. The second kappa shape index (κ2) is 5.86. The number of ketones is 1. The number of nitrogens with zero attached hydrogens (tertiary/aromatic N) is 2. The summed E-state index contributed by atoms with van der Waals surface area (Å²) < 4.78 is 13.2. The molecule has 0 aliphatic heterocycles. The molecule has 0 fully saturated rings. The van der Waals surface area contributed by atoms with Crippen molar-refractivity contribution in [1.82, 2.24) is 0 Å². The van der Waals surface area contributed by atoms with Gasteiger partial charge in [0.2, 0.25) is 5.82 Å². The number of nitro groups is 2. The summed E-state index contributed by atoms with van der Waals surface area (Å²) in [6.45, 7) is 0. The molecule has 0 atom stereocenters. The Morgan fingerprint density at radius 3 is 2.00 bits per heavy atom. The molecule has 0 unspecified atom stereocenters. The lowest BCUT2D eigenvalue weighted by atomic mass is 10.0. The van der Waals surface area contributed by atoms with Gasteiger partial charge < -0.3 is 0 Å². The first-order chi connectivity index (χ1) is 10.3. The zero-order valence-electron chi connectivity index (χ0n) is 10.7. The predicted molar refractivity (Wildman–Crippen MR) is 74.6 cm³/mol. The Morgan fingerprint density at radius 1 is 0.955 bits per heavy atom. The van der Waals surface area contributed by atoms with E-state index in [-0.39, 0.29) is 16.1 Å². The number of halogens is 2. The van der Waals surface area contributed by atoms with E-state index in [2.05, 4.69) is 0 Å². The maximum atomic E-state index is 13.2. The van der Waals surface area contributed by atoms with Crippen LogP contribution in [0.2, 0.25) is 5.02 Å². The van der Waals surface area contributed by atoms with Gasteiger partial charge in [-0.3, -0.25) is 25.0 Å². The molecule has 0 aliphatic rings. The molecule has 0 saturated heterocycles. The summed E-state index contributed by atoms with van der Waals surface area (Å²) in [6, 6.07) is 6.00. The number of hydrogen-bond donors (Lipinski definition) is 0. The lowest BCUT2D eigenvalue weighted by Crippen LogP contribution is -2.04. The van der Waals surface area contributed by atoms with Gasteiger partial charge in [-0.25, -0.2) is 0 Å². The molecular formula is C13H6ClFN2O5. The summed E-state index contributed by atoms with van der Waals surface area (Å²) >= 11 is 5.64. The van der Waals surface area contributed by atoms with Crippen molar-refractivity contribution in [3.8, 4) is 0 Å². The normalized spacial score (nSPS) is 10.3. The third-order valence-corrected chi connectivity index (χ3v) is 3.13. The Labute approximate surface area is 127 Å². The van der Waals surface area contributed by atoms with Crippen molar-refractivity contribution in [2.75, 3.05) is 0 Å². The summed E-state index contributed by atoms with van der Waals surface area (Å²) in [5.74, 6) is -1.80. The Bertz CT molecular complexity index is 744. The first-order valence-electron chi connectivity index (χ1n) is 5.74. The predicted octanol–water partition coefficient (Wildman–Crippen LogP) is 3.53. The van der Waals surface area contributed by atoms with Gasteiger partial charge in [0, 0.05) is 23.3 Å². The smallest absolute Gasteiger partial charge is 0.289 e. The zero-order valence-corrected chi connectivity index (χ0v) is 11.4. The average molecular weight is 325 g/mol. The Balaban J connectivity index is 2.49. The fraction of sp³-hybridized carbons (Fsp3) is 0. The summed E-state index contributed by atoms with van der Waals surface area (Å²) in [6.07, 6.45) is 0. The highest BCUT2D eigenvalue weighted by Crippen LogP contribution is 2.27. The minimum atomic E-state index is -1.08. The van der Waals surface area contributed by atoms with Gasteiger partial charge >= 0.3 is 5.69 Å². The van der Waals surface area contributed by atoms with E-state index in [0.29, 0.717) is 0 Å². The first-order valence-corrected chi connectivity index (χ1v) is 6.11. The molecule has 0 saturated carbocycles. The number of rotatable bonds is 4. The summed E-state index contributed by atoms with van der Waals surface area (Å²) in [7, 11) is 0. The zero-order chi connectivity index (χ0) is 16.4. The van der Waals surface area contributed by atoms with Gasteiger partial charge in [-0.1, -0.05) is 11.6 Å². The molecule has 0 N–H and O–H groups in total. The van der Waals surface area contributed by atoms with E-state index in [1.165, 1.54) is 12.1 Å². The molecule has 2 aromatic carbocycles. The van der Waals surface area contributed by atoms with Crippen LogP contribution >= 0.6 is 11.6 Å². The largest absolute Gasteiger partial charge is 0.305 e. The van der Waals surface area contributed by atoms with Crippen molar-refractivity contribution in [2.24, 2.45) is 0 Å². The monoisotopic (exact) mass is 324 g/mol. The number of hydrogen-bond acceptors (Lipinski definition) is 5. The van der Waals surface area contributed by atoms with Gasteiger partial charge in [0.05, 0.1) is 9.85 Å². The van der Waals surface area contributed by atoms with Gasteiger partial charge in [0.15, 0.2) is 5.78 Å². The van der Waals surface area contributed by atoms with Crippen LogP contribution in [0.4, 0.5) is 15.8 Å². The standard InChI is InChI=1S/C13H6ClFN2O5/c14-9-3-1-7(5-11(9)16(19)20)13(18)8-2-4-10(15)12(6-8)17(21)22/h1-6H. The molecule has 7 nitrogen and oxygen atoms in total. The molecule has 22 heavy (non-hydrogen) atoms. The molecule has 0 aromatic heterocycles. The van der Waals surface area contributed by atoms with Crippen LogP contribution in [0.25, 0.3) is 0 Å². The van der Waals surface area contributed by atoms with Gasteiger partial charge in [-0.05, 0) is 24.3 Å². The van der Waals surface area contributed by atoms with E-state index < -0.39 is 32.8 Å². The summed E-state index contributed by atoms with van der Waals surface area (Å²) in [5, 5.41) is 21.3. The quantitative estimate of drug-likeness (QED) is 0.486. The Hall–Kier alpha value is -2.87. The van der Waals surface area contributed by atoms with Crippen LogP contribution in [0, 0.1) is 26.0 Å². The van der Waals surface area contributed by atoms with Crippen LogP contribution < -0.4 is 0 Å². The van der Waals surface area contributed by atoms with Crippen molar-refractivity contribution >= 4 is 28.8 Å². The average Bonchev–Trinajstić information content (AvgIpc) is 2.47. The maximum Gasteiger partial charge on any atom is 0.305 e. The van der Waals surface area contributed by atoms with Crippen molar-refractivity contribution in [3.05, 3.63) is 78.6 Å². The van der Waals surface area contributed by atoms with Gasteiger partial charge in [-0.2, -0.15) is 4.39 Å². The lowest BCUT2D eigenvalue weighted by Gasteiger charge is -2.03. The molecule has 0 spiro atoms. The minimum absolute atomic E-state index is 0.0861. The SMILES string of the molecule is O=C(c1ccc(F)c([N+](=O)[O-])c1)c1ccc(Cl)c([N+](=O)[O-])c1. The van der Waals surface area contributed by atoms with E-state index in [9.17, 15) is 29.4 Å². The highest BCUT2D eigenvalue weighted by atomic mass is 35.5. The van der Waals surface area contributed by atoms with E-state index >= 15 is 0 Å². The van der Waals surface area contributed by atoms with Crippen LogP contribution in [-0.2, 0) is 0 Å². The molecule has 0 heterocycles. The molecule has 2 rings (SSSR count). The van der Waals surface area contributed by atoms with Crippen LogP contribution in [0.1, 0.15) is 15.9 Å². The van der Waals surface area contributed by atoms with E-state index in [1.54, 1.807) is 0 Å². The fourth-order valence-corrected chi connectivity index (χ4v) is 1.94. The molecule has 9 heteroatoms. The molecule has 0 radical (unpaired) electrons. The van der Waals surface area contributed by atoms with Crippen molar-refractivity contribution in [2.45, 2.75) is 0 Å². The van der Waals surface area contributed by atoms with E-state index in [0.717, 1.165) is 24.3 Å². The number of nitro benzene ring substituents is 2. The van der Waals surface area contributed by atoms with Gasteiger partial charge in [-0.15, -0.1) is 0 Å².